The standard InChI is InChI=1S/C44H28N4S2/c1-4-13-27(14-5-1)35-26-36(46-43(45-35)29-17-8-3-9-18-29)33-21-12-20-32-31-24-23-30(25-38(31)50-41(32)33)44-47-39(28-15-6-2-7-16-28)42-40(48-44)34-19-10-11-22-37(34)49-42/h1-26,40,42H. The molecule has 2 unspecified atom stereocenters. The number of rotatable bonds is 5. The van der Waals surface area contributed by atoms with E-state index in [9.17, 15) is 0 Å². The monoisotopic (exact) mass is 676 g/mol. The highest BCUT2D eigenvalue weighted by molar-refractivity contribution is 8.01. The van der Waals surface area contributed by atoms with Crippen LogP contribution in [0.2, 0.25) is 0 Å². The first kappa shape index (κ1) is 29.2. The number of aliphatic imine (C=N–C) groups is 2. The quantitative estimate of drug-likeness (QED) is 0.182. The van der Waals surface area contributed by atoms with Crippen molar-refractivity contribution < 1.29 is 0 Å². The molecule has 0 bridgehead atoms. The van der Waals surface area contributed by atoms with Gasteiger partial charge in [0.2, 0.25) is 0 Å². The van der Waals surface area contributed by atoms with Crippen LogP contribution in [0, 0.1) is 0 Å². The Balaban J connectivity index is 1.11. The zero-order valence-corrected chi connectivity index (χ0v) is 28.4. The van der Waals surface area contributed by atoms with E-state index in [2.05, 4.69) is 133 Å². The third-order valence-corrected chi connectivity index (χ3v) is 12.0. The number of fused-ring (bicyclic) bond motifs is 6. The van der Waals surface area contributed by atoms with Crippen molar-refractivity contribution in [3.05, 3.63) is 174 Å². The van der Waals surface area contributed by atoms with Crippen molar-refractivity contribution in [2.75, 3.05) is 0 Å². The summed E-state index contributed by atoms with van der Waals surface area (Å²) in [6.07, 6.45) is 0. The Kier molecular flexibility index (Phi) is 7.03. The van der Waals surface area contributed by atoms with E-state index < -0.39 is 0 Å². The van der Waals surface area contributed by atoms with Crippen LogP contribution < -0.4 is 0 Å². The van der Waals surface area contributed by atoms with Crippen molar-refractivity contribution >= 4 is 54.8 Å². The SMILES string of the molecule is c1ccc(C2=NC(c3ccc4c(c3)sc3c(-c5cc(-c6ccccc6)nc(-c6ccccc6)n5)cccc34)=NC3c4ccccc4SC23)cc1. The first-order chi connectivity index (χ1) is 24.8. The third-order valence-electron chi connectivity index (χ3n) is 9.47. The van der Waals surface area contributed by atoms with Gasteiger partial charge in [-0.15, -0.1) is 23.1 Å². The molecule has 0 saturated carbocycles. The molecule has 0 saturated heterocycles. The topological polar surface area (TPSA) is 50.5 Å². The van der Waals surface area contributed by atoms with E-state index in [1.165, 1.54) is 30.6 Å². The van der Waals surface area contributed by atoms with Crippen LogP contribution in [0.25, 0.3) is 54.1 Å². The van der Waals surface area contributed by atoms with Gasteiger partial charge in [-0.25, -0.2) is 15.0 Å². The second-order valence-electron chi connectivity index (χ2n) is 12.5. The van der Waals surface area contributed by atoms with Crippen LogP contribution in [0.15, 0.2) is 173 Å². The summed E-state index contributed by atoms with van der Waals surface area (Å²) in [5.74, 6) is 1.51. The number of hydrogen-bond acceptors (Lipinski definition) is 6. The summed E-state index contributed by atoms with van der Waals surface area (Å²) >= 11 is 3.68. The Hall–Kier alpha value is -5.69. The van der Waals surface area contributed by atoms with Gasteiger partial charge in [0.25, 0.3) is 0 Å². The van der Waals surface area contributed by atoms with Gasteiger partial charge in [0.1, 0.15) is 0 Å². The van der Waals surface area contributed by atoms with Gasteiger partial charge in [0.15, 0.2) is 11.7 Å². The number of amidine groups is 1. The molecular formula is C44H28N4S2. The van der Waals surface area contributed by atoms with E-state index in [0.29, 0.717) is 0 Å². The largest absolute Gasteiger partial charge is 0.256 e. The van der Waals surface area contributed by atoms with E-state index in [4.69, 9.17) is 20.0 Å². The zero-order valence-electron chi connectivity index (χ0n) is 26.8. The van der Waals surface area contributed by atoms with Crippen LogP contribution in [0.5, 0.6) is 0 Å². The Morgan fingerprint density at radius 2 is 1.22 bits per heavy atom. The summed E-state index contributed by atoms with van der Waals surface area (Å²) in [4.78, 5) is 22.1. The molecule has 0 aliphatic carbocycles. The molecule has 4 heterocycles. The van der Waals surface area contributed by atoms with Crippen molar-refractivity contribution in [2.45, 2.75) is 16.2 Å². The molecule has 0 fully saturated rings. The molecule has 4 nitrogen and oxygen atoms in total. The highest BCUT2D eigenvalue weighted by Crippen LogP contribution is 2.49. The Bertz CT molecular complexity index is 2570. The van der Waals surface area contributed by atoms with Crippen molar-refractivity contribution in [1.82, 2.24) is 9.97 Å². The van der Waals surface area contributed by atoms with Crippen LogP contribution in [-0.4, -0.2) is 26.8 Å². The first-order valence-corrected chi connectivity index (χ1v) is 18.4. The van der Waals surface area contributed by atoms with Crippen LogP contribution >= 0.6 is 23.1 Å². The maximum Gasteiger partial charge on any atom is 0.160 e. The molecule has 0 amide bonds. The molecule has 236 valence electrons. The minimum Gasteiger partial charge on any atom is -0.256 e. The van der Waals surface area contributed by atoms with Crippen molar-refractivity contribution in [2.24, 2.45) is 9.98 Å². The molecule has 0 radical (unpaired) electrons. The minimum absolute atomic E-state index is 0.0269. The van der Waals surface area contributed by atoms with Crippen molar-refractivity contribution in [3.8, 4) is 33.9 Å². The van der Waals surface area contributed by atoms with E-state index in [-0.39, 0.29) is 11.3 Å². The number of nitrogens with zero attached hydrogens (tertiary/aromatic N) is 4. The van der Waals surface area contributed by atoms with Gasteiger partial charge in [-0.2, -0.15) is 0 Å². The maximum atomic E-state index is 5.33. The molecule has 8 aromatic rings. The van der Waals surface area contributed by atoms with Gasteiger partial charge in [0.05, 0.1) is 28.4 Å². The second kappa shape index (κ2) is 12.0. The fraction of sp³-hybridized carbons (Fsp3) is 0.0455. The van der Waals surface area contributed by atoms with Gasteiger partial charge in [-0.05, 0) is 29.3 Å². The van der Waals surface area contributed by atoms with Gasteiger partial charge in [-0.1, -0.05) is 140 Å². The lowest BCUT2D eigenvalue weighted by atomic mass is 9.95. The predicted octanol–water partition coefficient (Wildman–Crippen LogP) is 11.3. The van der Waals surface area contributed by atoms with E-state index >= 15 is 0 Å². The summed E-state index contributed by atoms with van der Waals surface area (Å²) < 4.78 is 2.41. The molecule has 0 N–H and O–H groups in total. The number of benzene rings is 6. The highest BCUT2D eigenvalue weighted by atomic mass is 32.2. The first-order valence-electron chi connectivity index (χ1n) is 16.7. The van der Waals surface area contributed by atoms with Crippen LogP contribution in [-0.2, 0) is 0 Å². The van der Waals surface area contributed by atoms with E-state index in [1.807, 2.05) is 36.0 Å². The number of hydrogen-bond donors (Lipinski definition) is 0. The zero-order chi connectivity index (χ0) is 33.0. The molecule has 10 rings (SSSR count). The molecule has 6 aromatic carbocycles. The Morgan fingerprint density at radius 3 is 2.02 bits per heavy atom. The average Bonchev–Trinajstić information content (AvgIpc) is 3.76. The summed E-state index contributed by atoms with van der Waals surface area (Å²) in [6, 6.07) is 55.2. The molecule has 2 aliphatic heterocycles. The maximum absolute atomic E-state index is 5.33. The lowest BCUT2D eigenvalue weighted by molar-refractivity contribution is 0.773. The summed E-state index contributed by atoms with van der Waals surface area (Å²) in [6.45, 7) is 0. The normalized spacial score (nSPS) is 16.6. The molecule has 50 heavy (non-hydrogen) atoms. The fourth-order valence-corrected chi connectivity index (χ4v) is 9.71. The molecule has 2 atom stereocenters. The van der Waals surface area contributed by atoms with Crippen LogP contribution in [0.3, 0.4) is 0 Å². The summed E-state index contributed by atoms with van der Waals surface area (Å²) in [5, 5.41) is 2.60. The van der Waals surface area contributed by atoms with Gasteiger partial charge >= 0.3 is 0 Å². The fourth-order valence-electron chi connectivity index (χ4n) is 7.05. The minimum atomic E-state index is 0.0269. The van der Waals surface area contributed by atoms with Crippen LogP contribution in [0.4, 0.5) is 0 Å². The molecule has 2 aromatic heterocycles. The van der Waals surface area contributed by atoms with Gasteiger partial charge < -0.3 is 0 Å². The highest BCUT2D eigenvalue weighted by Gasteiger charge is 2.39. The predicted molar refractivity (Wildman–Crippen MR) is 210 cm³/mol. The Labute approximate surface area is 298 Å². The van der Waals surface area contributed by atoms with Crippen molar-refractivity contribution in [3.63, 3.8) is 0 Å². The van der Waals surface area contributed by atoms with E-state index in [1.54, 1.807) is 11.3 Å². The number of thioether (sulfide) groups is 1. The number of thiophene rings is 1. The molecule has 6 heteroatoms. The third kappa shape index (κ3) is 4.99. The molecular weight excluding hydrogens is 649 g/mol. The molecule has 2 aliphatic rings. The molecule has 0 spiro atoms. The Morgan fingerprint density at radius 1 is 0.520 bits per heavy atom. The number of aromatic nitrogens is 2. The smallest absolute Gasteiger partial charge is 0.160 e. The second-order valence-corrected chi connectivity index (χ2v) is 14.8. The summed E-state index contributed by atoms with van der Waals surface area (Å²) in [5.41, 5.74) is 9.53. The lowest BCUT2D eigenvalue weighted by Crippen LogP contribution is -2.28. The van der Waals surface area contributed by atoms with Gasteiger partial charge in [-0.3, -0.25) is 4.99 Å². The van der Waals surface area contributed by atoms with Gasteiger partial charge in [0, 0.05) is 47.3 Å². The lowest BCUT2D eigenvalue weighted by Gasteiger charge is -2.24. The van der Waals surface area contributed by atoms with Crippen molar-refractivity contribution in [1.29, 1.82) is 0 Å². The average molecular weight is 677 g/mol. The van der Waals surface area contributed by atoms with E-state index in [0.717, 1.165) is 56.6 Å². The van der Waals surface area contributed by atoms with Crippen LogP contribution in [0.1, 0.15) is 22.7 Å². The summed E-state index contributed by atoms with van der Waals surface area (Å²) in [7, 11) is 0.